The summed E-state index contributed by atoms with van der Waals surface area (Å²) in [6.07, 6.45) is 0. The number of halogens is 1. The number of hydrogen-bond acceptors (Lipinski definition) is 4. The molecule has 1 aromatic rings. The Morgan fingerprint density at radius 3 is 2.56 bits per heavy atom. The molecule has 2 atom stereocenters. The number of hydrogen-bond donors (Lipinski definition) is 3. The average Bonchev–Trinajstić information content (AvgIpc) is 2.68. The molecule has 2 unspecified atom stereocenters. The van der Waals surface area contributed by atoms with Gasteiger partial charge in [0.25, 0.3) is 0 Å². The number of nitrogens with one attached hydrogen (secondary N) is 2. The summed E-state index contributed by atoms with van der Waals surface area (Å²) in [6.45, 7) is 11.4. The maximum absolute atomic E-state index is 9.71. The third-order valence-electron chi connectivity index (χ3n) is 4.59. The van der Waals surface area contributed by atoms with Crippen LogP contribution in [0.5, 0.6) is 0 Å². The molecule has 6 nitrogen and oxygen atoms in total. The van der Waals surface area contributed by atoms with Crippen molar-refractivity contribution in [2.75, 3.05) is 59.1 Å². The van der Waals surface area contributed by atoms with Crippen molar-refractivity contribution in [1.29, 1.82) is 0 Å². The van der Waals surface area contributed by atoms with Gasteiger partial charge in [-0.05, 0) is 18.4 Å². The van der Waals surface area contributed by atoms with Crippen LogP contribution in [0.2, 0.25) is 0 Å². The topological polar surface area (TPSA) is 69.1 Å². The first kappa shape index (κ1) is 24.1. The predicted molar refractivity (Wildman–Crippen MR) is 122 cm³/mol. The lowest BCUT2D eigenvalue weighted by Gasteiger charge is -2.28. The van der Waals surface area contributed by atoms with Crippen molar-refractivity contribution in [2.24, 2.45) is 10.9 Å². The summed E-state index contributed by atoms with van der Waals surface area (Å²) in [5.41, 5.74) is 1.14. The molecule has 0 aromatic heterocycles. The second kappa shape index (κ2) is 14.1. The fourth-order valence-electron chi connectivity index (χ4n) is 3.10. The van der Waals surface area contributed by atoms with E-state index >= 15 is 0 Å². The molecule has 1 saturated heterocycles. The Bertz CT molecular complexity index is 524. The number of benzene rings is 1. The molecule has 0 bridgehead atoms. The van der Waals surface area contributed by atoms with Gasteiger partial charge in [-0.15, -0.1) is 24.0 Å². The van der Waals surface area contributed by atoms with E-state index in [-0.39, 0.29) is 36.5 Å². The van der Waals surface area contributed by atoms with Crippen molar-refractivity contribution in [3.05, 3.63) is 35.9 Å². The van der Waals surface area contributed by atoms with E-state index in [1.807, 2.05) is 18.2 Å². The van der Waals surface area contributed by atoms with E-state index in [0.29, 0.717) is 12.5 Å². The summed E-state index contributed by atoms with van der Waals surface area (Å²) in [4.78, 5) is 7.18. The first-order valence-electron chi connectivity index (χ1n) is 9.71. The van der Waals surface area contributed by atoms with Gasteiger partial charge in [-0.2, -0.15) is 0 Å². The zero-order valence-corrected chi connectivity index (χ0v) is 18.9. The number of aliphatic hydroxyl groups excluding tert-OH is 1. The van der Waals surface area contributed by atoms with Crippen LogP contribution in [-0.2, 0) is 4.74 Å². The van der Waals surface area contributed by atoms with Gasteiger partial charge in [0.2, 0.25) is 0 Å². The highest BCUT2D eigenvalue weighted by Gasteiger charge is 2.14. The van der Waals surface area contributed by atoms with E-state index in [9.17, 15) is 5.11 Å². The van der Waals surface area contributed by atoms with Gasteiger partial charge in [0.15, 0.2) is 5.96 Å². The molecule has 3 N–H and O–H groups in total. The summed E-state index contributed by atoms with van der Waals surface area (Å²) in [7, 11) is 0. The third-order valence-corrected chi connectivity index (χ3v) is 4.59. The van der Waals surface area contributed by atoms with Crippen LogP contribution < -0.4 is 10.6 Å². The van der Waals surface area contributed by atoms with E-state index < -0.39 is 0 Å². The monoisotopic (exact) mass is 490 g/mol. The second-order valence-electron chi connectivity index (χ2n) is 6.91. The van der Waals surface area contributed by atoms with Crippen LogP contribution in [0.4, 0.5) is 0 Å². The zero-order chi connectivity index (χ0) is 18.6. The van der Waals surface area contributed by atoms with Gasteiger partial charge in [0.05, 0.1) is 19.8 Å². The molecule has 1 aromatic carbocycles. The van der Waals surface area contributed by atoms with E-state index in [4.69, 9.17) is 9.73 Å². The summed E-state index contributed by atoms with van der Waals surface area (Å²) in [5, 5.41) is 16.4. The number of aliphatic imine (C=N–C) groups is 1. The lowest BCUT2D eigenvalue weighted by atomic mass is 10.0. The molecule has 27 heavy (non-hydrogen) atoms. The van der Waals surface area contributed by atoms with Crippen LogP contribution in [0.15, 0.2) is 35.3 Å². The molecule has 0 radical (unpaired) electrons. The SMILES string of the molecule is CCNC(=NCC(C)CN1CCOCC1)NCC(CO)c1ccccc1.I. The molecule has 0 spiro atoms. The molecule has 1 aliphatic heterocycles. The van der Waals surface area contributed by atoms with Gasteiger partial charge in [-0.1, -0.05) is 37.3 Å². The van der Waals surface area contributed by atoms with E-state index in [2.05, 4.69) is 41.5 Å². The Balaban J connectivity index is 0.00000364. The molecule has 0 amide bonds. The third kappa shape index (κ3) is 9.23. The Morgan fingerprint density at radius 2 is 1.93 bits per heavy atom. The molecule has 7 heteroatoms. The summed E-state index contributed by atoms with van der Waals surface area (Å²) in [6, 6.07) is 10.1. The van der Waals surface area contributed by atoms with Crippen molar-refractivity contribution in [3.8, 4) is 0 Å². The maximum Gasteiger partial charge on any atom is 0.191 e. The summed E-state index contributed by atoms with van der Waals surface area (Å²) in [5.74, 6) is 1.37. The number of morpholine rings is 1. The molecule has 1 aliphatic rings. The van der Waals surface area contributed by atoms with Crippen molar-refractivity contribution in [3.63, 3.8) is 0 Å². The van der Waals surface area contributed by atoms with Crippen LogP contribution in [-0.4, -0.2) is 75.1 Å². The normalized spacial score (nSPS) is 17.7. The van der Waals surface area contributed by atoms with E-state index in [1.54, 1.807) is 0 Å². The van der Waals surface area contributed by atoms with Crippen molar-refractivity contribution >= 4 is 29.9 Å². The molecule has 1 heterocycles. The minimum atomic E-state index is 0. The Hall–Kier alpha value is -0.900. The van der Waals surface area contributed by atoms with Gasteiger partial charge in [0, 0.05) is 45.2 Å². The molecule has 154 valence electrons. The average molecular weight is 490 g/mol. The van der Waals surface area contributed by atoms with Gasteiger partial charge >= 0.3 is 0 Å². The maximum atomic E-state index is 9.71. The highest BCUT2D eigenvalue weighted by Crippen LogP contribution is 2.13. The lowest BCUT2D eigenvalue weighted by molar-refractivity contribution is 0.0323. The lowest BCUT2D eigenvalue weighted by Crippen LogP contribution is -2.41. The second-order valence-corrected chi connectivity index (χ2v) is 6.91. The van der Waals surface area contributed by atoms with Crippen LogP contribution >= 0.6 is 24.0 Å². The van der Waals surface area contributed by atoms with Crippen molar-refractivity contribution < 1.29 is 9.84 Å². The van der Waals surface area contributed by atoms with Gasteiger partial charge in [0.1, 0.15) is 0 Å². The molecule has 1 fully saturated rings. The Morgan fingerprint density at radius 1 is 1.22 bits per heavy atom. The van der Waals surface area contributed by atoms with Crippen molar-refractivity contribution in [1.82, 2.24) is 15.5 Å². The van der Waals surface area contributed by atoms with Crippen LogP contribution in [0.25, 0.3) is 0 Å². The van der Waals surface area contributed by atoms with Gasteiger partial charge in [-0.25, -0.2) is 0 Å². The van der Waals surface area contributed by atoms with Crippen LogP contribution in [0, 0.1) is 5.92 Å². The number of rotatable bonds is 9. The van der Waals surface area contributed by atoms with Gasteiger partial charge < -0.3 is 20.5 Å². The number of nitrogens with zero attached hydrogens (tertiary/aromatic N) is 2. The highest BCUT2D eigenvalue weighted by atomic mass is 127. The summed E-state index contributed by atoms with van der Waals surface area (Å²) < 4.78 is 5.40. The minimum Gasteiger partial charge on any atom is -0.396 e. The molecular weight excluding hydrogens is 455 g/mol. The molecule has 2 rings (SSSR count). The fraction of sp³-hybridized carbons (Fsp3) is 0.650. The predicted octanol–water partition coefficient (Wildman–Crippen LogP) is 1.90. The number of guanidine groups is 1. The van der Waals surface area contributed by atoms with Crippen molar-refractivity contribution in [2.45, 2.75) is 19.8 Å². The first-order chi connectivity index (χ1) is 12.7. The Kier molecular flexibility index (Phi) is 12.6. The smallest absolute Gasteiger partial charge is 0.191 e. The van der Waals surface area contributed by atoms with E-state index in [1.165, 1.54) is 0 Å². The zero-order valence-electron chi connectivity index (χ0n) is 16.6. The van der Waals surface area contributed by atoms with Crippen LogP contribution in [0.1, 0.15) is 25.3 Å². The first-order valence-corrected chi connectivity index (χ1v) is 9.71. The Labute approximate surface area is 180 Å². The number of ether oxygens (including phenoxy) is 1. The number of aliphatic hydroxyl groups is 1. The summed E-state index contributed by atoms with van der Waals surface area (Å²) >= 11 is 0. The van der Waals surface area contributed by atoms with Gasteiger partial charge in [-0.3, -0.25) is 9.89 Å². The molecule has 0 aliphatic carbocycles. The fourth-order valence-corrected chi connectivity index (χ4v) is 3.10. The highest BCUT2D eigenvalue weighted by molar-refractivity contribution is 14.0. The minimum absolute atomic E-state index is 0. The molecule has 0 saturated carbocycles. The quantitative estimate of drug-likeness (QED) is 0.280. The van der Waals surface area contributed by atoms with E-state index in [0.717, 1.165) is 57.5 Å². The largest absolute Gasteiger partial charge is 0.396 e. The molecular formula is C20H35IN4O2. The standard InChI is InChI=1S/C20H34N4O2.HI/c1-3-21-20(22-13-17(2)15-24-9-11-26-12-10-24)23-14-19(16-25)18-7-5-4-6-8-18;/h4-8,17,19,25H,3,9-16H2,1-2H3,(H2,21,22,23);1H. The van der Waals surface area contributed by atoms with Crippen LogP contribution in [0.3, 0.4) is 0 Å².